The van der Waals surface area contributed by atoms with Crippen molar-refractivity contribution in [1.29, 1.82) is 0 Å². The topological polar surface area (TPSA) is 35.2 Å². The van der Waals surface area contributed by atoms with Crippen molar-refractivity contribution in [1.82, 2.24) is 0 Å². The van der Waals surface area contributed by atoms with E-state index in [9.17, 15) is 0 Å². The summed E-state index contributed by atoms with van der Waals surface area (Å²) in [5.41, 5.74) is 8.43. The van der Waals surface area contributed by atoms with Gasteiger partial charge in [-0.25, -0.2) is 0 Å². The van der Waals surface area contributed by atoms with E-state index in [1.165, 1.54) is 11.1 Å². The van der Waals surface area contributed by atoms with Gasteiger partial charge in [0.1, 0.15) is 5.75 Å². The molecular formula is C13H21NO. The lowest BCUT2D eigenvalue weighted by Gasteiger charge is -2.24. The van der Waals surface area contributed by atoms with Crippen molar-refractivity contribution >= 4 is 0 Å². The van der Waals surface area contributed by atoms with Crippen LogP contribution in [-0.4, -0.2) is 13.7 Å². The van der Waals surface area contributed by atoms with E-state index >= 15 is 0 Å². The van der Waals surface area contributed by atoms with E-state index in [1.807, 2.05) is 12.1 Å². The number of rotatable bonds is 4. The third kappa shape index (κ3) is 2.96. The molecule has 0 radical (unpaired) electrons. The molecule has 0 bridgehead atoms. The Morgan fingerprint density at radius 1 is 1.33 bits per heavy atom. The summed E-state index contributed by atoms with van der Waals surface area (Å²) in [6, 6.07) is 6.15. The summed E-state index contributed by atoms with van der Waals surface area (Å²) in [4.78, 5) is 0. The van der Waals surface area contributed by atoms with Gasteiger partial charge in [-0.2, -0.15) is 0 Å². The molecule has 1 rings (SSSR count). The highest BCUT2D eigenvalue weighted by Crippen LogP contribution is 2.29. The van der Waals surface area contributed by atoms with Crippen LogP contribution in [0.25, 0.3) is 0 Å². The van der Waals surface area contributed by atoms with Gasteiger partial charge in [-0.05, 0) is 42.5 Å². The van der Waals surface area contributed by atoms with Crippen LogP contribution in [0.1, 0.15) is 25.0 Å². The number of nitrogens with two attached hydrogens (primary N) is 1. The van der Waals surface area contributed by atoms with Crippen LogP contribution in [0.2, 0.25) is 0 Å². The molecule has 0 aliphatic carbocycles. The van der Waals surface area contributed by atoms with Crippen LogP contribution in [0, 0.1) is 12.3 Å². The Morgan fingerprint density at radius 2 is 2.00 bits per heavy atom. The zero-order valence-electron chi connectivity index (χ0n) is 10.1. The van der Waals surface area contributed by atoms with Gasteiger partial charge in [0, 0.05) is 0 Å². The molecule has 2 N–H and O–H groups in total. The number of ether oxygens (including phenoxy) is 1. The molecule has 0 aliphatic rings. The third-order valence-electron chi connectivity index (χ3n) is 2.80. The monoisotopic (exact) mass is 207 g/mol. The highest BCUT2D eigenvalue weighted by Gasteiger charge is 2.19. The van der Waals surface area contributed by atoms with Crippen molar-refractivity contribution in [3.63, 3.8) is 0 Å². The minimum atomic E-state index is 0.124. The van der Waals surface area contributed by atoms with Crippen LogP contribution in [0.4, 0.5) is 0 Å². The molecule has 0 amide bonds. The van der Waals surface area contributed by atoms with Crippen molar-refractivity contribution in [2.24, 2.45) is 11.1 Å². The molecule has 0 heterocycles. The second-order valence-corrected chi connectivity index (χ2v) is 4.80. The van der Waals surface area contributed by atoms with Gasteiger partial charge < -0.3 is 10.5 Å². The maximum Gasteiger partial charge on any atom is 0.122 e. The molecule has 0 aliphatic heterocycles. The number of benzene rings is 1. The predicted octanol–water partition coefficient (Wildman–Crippen LogP) is 2.53. The van der Waals surface area contributed by atoms with Gasteiger partial charge in [0.05, 0.1) is 7.11 Å². The van der Waals surface area contributed by atoms with Gasteiger partial charge in [-0.1, -0.05) is 26.0 Å². The minimum Gasteiger partial charge on any atom is -0.496 e. The predicted molar refractivity (Wildman–Crippen MR) is 64.3 cm³/mol. The van der Waals surface area contributed by atoms with Crippen molar-refractivity contribution in [3.8, 4) is 5.75 Å². The lowest BCUT2D eigenvalue weighted by Crippen LogP contribution is -2.26. The van der Waals surface area contributed by atoms with Crippen LogP contribution < -0.4 is 10.5 Å². The summed E-state index contributed by atoms with van der Waals surface area (Å²) in [7, 11) is 1.72. The number of hydrogen-bond donors (Lipinski definition) is 1. The summed E-state index contributed by atoms with van der Waals surface area (Å²) in [5.74, 6) is 0.969. The second kappa shape index (κ2) is 4.67. The first kappa shape index (κ1) is 12.1. The van der Waals surface area contributed by atoms with Crippen LogP contribution in [0.5, 0.6) is 5.75 Å². The van der Waals surface area contributed by atoms with Gasteiger partial charge in [0.15, 0.2) is 0 Å². The van der Waals surface area contributed by atoms with E-state index in [-0.39, 0.29) is 5.41 Å². The van der Waals surface area contributed by atoms with E-state index in [4.69, 9.17) is 10.5 Å². The normalized spacial score (nSPS) is 11.5. The molecule has 15 heavy (non-hydrogen) atoms. The molecule has 0 saturated heterocycles. The van der Waals surface area contributed by atoms with Gasteiger partial charge >= 0.3 is 0 Å². The van der Waals surface area contributed by atoms with Gasteiger partial charge in [-0.15, -0.1) is 0 Å². The van der Waals surface area contributed by atoms with E-state index in [0.717, 1.165) is 12.2 Å². The fourth-order valence-electron chi connectivity index (χ4n) is 1.64. The Labute approximate surface area is 92.4 Å². The Bertz CT molecular complexity index is 331. The summed E-state index contributed by atoms with van der Waals surface area (Å²) in [5, 5.41) is 0. The van der Waals surface area contributed by atoms with E-state index in [1.54, 1.807) is 7.11 Å². The molecule has 1 aromatic rings. The van der Waals surface area contributed by atoms with Crippen molar-refractivity contribution in [2.75, 3.05) is 13.7 Å². The average Bonchev–Trinajstić information content (AvgIpc) is 2.21. The summed E-state index contributed by atoms with van der Waals surface area (Å²) < 4.78 is 5.38. The zero-order valence-corrected chi connectivity index (χ0v) is 10.1. The lowest BCUT2D eigenvalue weighted by molar-refractivity contribution is 0.358. The maximum absolute atomic E-state index is 5.75. The zero-order chi connectivity index (χ0) is 11.5. The molecule has 1 aromatic carbocycles. The molecule has 2 heteroatoms. The van der Waals surface area contributed by atoms with Crippen molar-refractivity contribution < 1.29 is 4.74 Å². The average molecular weight is 207 g/mol. The Morgan fingerprint density at radius 3 is 2.53 bits per heavy atom. The molecule has 0 atom stereocenters. The smallest absolute Gasteiger partial charge is 0.122 e. The largest absolute Gasteiger partial charge is 0.496 e. The first-order valence-corrected chi connectivity index (χ1v) is 5.33. The first-order chi connectivity index (χ1) is 7.00. The van der Waals surface area contributed by atoms with Crippen LogP contribution >= 0.6 is 0 Å². The van der Waals surface area contributed by atoms with Gasteiger partial charge in [0.25, 0.3) is 0 Å². The van der Waals surface area contributed by atoms with Crippen LogP contribution in [-0.2, 0) is 6.42 Å². The molecule has 0 saturated carbocycles. The standard InChI is InChI=1S/C13H21NO/c1-10-6-5-7-12(15-4)11(10)8-13(2,3)9-14/h5-7H,8-9,14H2,1-4H3. The molecule has 0 unspecified atom stereocenters. The summed E-state index contributed by atoms with van der Waals surface area (Å²) in [6.45, 7) is 7.16. The molecule has 2 nitrogen and oxygen atoms in total. The highest BCUT2D eigenvalue weighted by atomic mass is 16.5. The fraction of sp³-hybridized carbons (Fsp3) is 0.538. The number of hydrogen-bond acceptors (Lipinski definition) is 2. The maximum atomic E-state index is 5.75. The van der Waals surface area contributed by atoms with Crippen LogP contribution in [0.3, 0.4) is 0 Å². The fourth-order valence-corrected chi connectivity index (χ4v) is 1.64. The second-order valence-electron chi connectivity index (χ2n) is 4.80. The minimum absolute atomic E-state index is 0.124. The molecule has 0 spiro atoms. The van der Waals surface area contributed by atoms with Crippen LogP contribution in [0.15, 0.2) is 18.2 Å². The lowest BCUT2D eigenvalue weighted by atomic mass is 9.84. The number of methoxy groups -OCH3 is 1. The molecule has 0 aromatic heterocycles. The summed E-state index contributed by atoms with van der Waals surface area (Å²) >= 11 is 0. The molecule has 84 valence electrons. The quantitative estimate of drug-likeness (QED) is 0.823. The summed E-state index contributed by atoms with van der Waals surface area (Å²) in [6.07, 6.45) is 0.958. The Balaban J connectivity index is 3.02. The third-order valence-corrected chi connectivity index (χ3v) is 2.80. The highest BCUT2D eigenvalue weighted by molar-refractivity contribution is 5.40. The van der Waals surface area contributed by atoms with E-state index < -0.39 is 0 Å². The van der Waals surface area contributed by atoms with Crippen molar-refractivity contribution in [3.05, 3.63) is 29.3 Å². The van der Waals surface area contributed by atoms with E-state index in [2.05, 4.69) is 26.8 Å². The first-order valence-electron chi connectivity index (χ1n) is 5.33. The Kier molecular flexibility index (Phi) is 3.75. The SMILES string of the molecule is COc1cccc(C)c1CC(C)(C)CN. The molecule has 0 fully saturated rings. The van der Waals surface area contributed by atoms with Crippen molar-refractivity contribution in [2.45, 2.75) is 27.2 Å². The molecular weight excluding hydrogens is 186 g/mol. The Hall–Kier alpha value is -1.02. The number of aryl methyl sites for hydroxylation is 1. The van der Waals surface area contributed by atoms with Gasteiger partial charge in [-0.3, -0.25) is 0 Å². The van der Waals surface area contributed by atoms with Gasteiger partial charge in [0.2, 0.25) is 0 Å². The van der Waals surface area contributed by atoms with E-state index in [0.29, 0.717) is 6.54 Å².